The van der Waals surface area contributed by atoms with Crippen LogP contribution in [-0.4, -0.2) is 43.9 Å². The topological polar surface area (TPSA) is 93.4 Å². The Balaban J connectivity index is 2.87. The van der Waals surface area contributed by atoms with Gasteiger partial charge in [-0.25, -0.2) is 13.4 Å². The molecule has 0 aliphatic rings. The quantitative estimate of drug-likeness (QED) is 0.592. The van der Waals surface area contributed by atoms with E-state index in [1.165, 1.54) is 6.07 Å². The van der Waals surface area contributed by atoms with Crippen LogP contribution in [0.25, 0.3) is 0 Å². The lowest BCUT2D eigenvalue weighted by atomic mass is 10.4. The smallest absolute Gasteiger partial charge is 0.288 e. The number of rotatable bonds is 5. The molecule has 0 N–H and O–H groups in total. The first-order valence-electron chi connectivity index (χ1n) is 4.89. The van der Waals surface area contributed by atoms with Gasteiger partial charge < -0.3 is 4.90 Å². The molecule has 7 nitrogen and oxygen atoms in total. The predicted octanol–water partition coefficient (Wildman–Crippen LogP) is 1.23. The third-order valence-electron chi connectivity index (χ3n) is 2.18. The number of hydrogen-bond donors (Lipinski definition) is 0. The normalized spacial score (nSPS) is 11.3. The van der Waals surface area contributed by atoms with Crippen molar-refractivity contribution in [3.05, 3.63) is 26.9 Å². The molecule has 0 aliphatic heterocycles. The summed E-state index contributed by atoms with van der Waals surface area (Å²) in [6.07, 6.45) is 2.29. The number of pyridine rings is 1. The number of hydrogen-bond acceptors (Lipinski definition) is 6. The molecule has 0 aliphatic carbocycles. The van der Waals surface area contributed by atoms with Gasteiger partial charge in [-0.05, 0) is 15.9 Å². The lowest BCUT2D eigenvalue weighted by Crippen LogP contribution is -2.26. The fraction of sp³-hybridized carbons (Fsp3) is 0.444. The molecule has 9 heteroatoms. The van der Waals surface area contributed by atoms with Crippen LogP contribution in [0.15, 0.2) is 16.7 Å². The molecule has 0 bridgehead atoms. The first-order valence-corrected chi connectivity index (χ1v) is 7.75. The second kappa shape index (κ2) is 5.61. The maximum Gasteiger partial charge on any atom is 0.288 e. The van der Waals surface area contributed by atoms with Crippen LogP contribution in [0.2, 0.25) is 0 Å². The number of anilines is 1. The lowest BCUT2D eigenvalue weighted by Gasteiger charge is -2.18. The van der Waals surface area contributed by atoms with E-state index in [9.17, 15) is 18.5 Å². The van der Waals surface area contributed by atoms with Crippen molar-refractivity contribution in [1.29, 1.82) is 0 Å². The van der Waals surface area contributed by atoms with E-state index >= 15 is 0 Å². The highest BCUT2D eigenvalue weighted by atomic mass is 79.9. The average molecular weight is 338 g/mol. The third-order valence-corrected chi connectivity index (χ3v) is 3.68. The summed E-state index contributed by atoms with van der Waals surface area (Å²) < 4.78 is 22.5. The average Bonchev–Trinajstić information content (AvgIpc) is 2.24. The van der Waals surface area contributed by atoms with E-state index < -0.39 is 14.8 Å². The Morgan fingerprint density at radius 3 is 2.61 bits per heavy atom. The Morgan fingerprint density at radius 1 is 1.56 bits per heavy atom. The lowest BCUT2D eigenvalue weighted by molar-refractivity contribution is -0.385. The molecule has 0 atom stereocenters. The summed E-state index contributed by atoms with van der Waals surface area (Å²) in [5.41, 5.74) is -0.123. The first kappa shape index (κ1) is 14.8. The van der Waals surface area contributed by atoms with Crippen LogP contribution >= 0.6 is 15.9 Å². The molecule has 0 radical (unpaired) electrons. The van der Waals surface area contributed by atoms with E-state index in [4.69, 9.17) is 0 Å². The van der Waals surface area contributed by atoms with Crippen LogP contribution in [0.4, 0.5) is 11.5 Å². The molecule has 0 aromatic carbocycles. The van der Waals surface area contributed by atoms with Crippen molar-refractivity contribution >= 4 is 37.3 Å². The van der Waals surface area contributed by atoms with Crippen LogP contribution in [-0.2, 0) is 9.84 Å². The maximum atomic E-state index is 11.0. The van der Waals surface area contributed by atoms with Gasteiger partial charge in [0.1, 0.15) is 21.9 Å². The van der Waals surface area contributed by atoms with E-state index in [2.05, 4.69) is 20.9 Å². The number of nitrogens with zero attached hydrogens (tertiary/aromatic N) is 3. The van der Waals surface area contributed by atoms with Crippen molar-refractivity contribution in [3.63, 3.8) is 0 Å². The summed E-state index contributed by atoms with van der Waals surface area (Å²) in [5, 5.41) is 10.5. The van der Waals surface area contributed by atoms with Gasteiger partial charge in [0.25, 0.3) is 5.69 Å². The highest BCUT2D eigenvalue weighted by Gasteiger charge is 2.14. The van der Waals surface area contributed by atoms with Crippen LogP contribution in [0.5, 0.6) is 0 Å². The molecule has 0 fully saturated rings. The Labute approximate surface area is 113 Å². The summed E-state index contributed by atoms with van der Waals surface area (Å²) in [5.74, 6) is 0.457. The van der Waals surface area contributed by atoms with Gasteiger partial charge in [0.15, 0.2) is 0 Å². The second-order valence-electron chi connectivity index (χ2n) is 3.81. The molecular formula is C9H12BrN3O4S. The van der Waals surface area contributed by atoms with Crippen molar-refractivity contribution < 1.29 is 13.3 Å². The molecule has 0 saturated heterocycles. The molecule has 0 spiro atoms. The van der Waals surface area contributed by atoms with Crippen molar-refractivity contribution in [2.75, 3.05) is 30.5 Å². The van der Waals surface area contributed by atoms with E-state index in [0.717, 1.165) is 12.5 Å². The second-order valence-corrected chi connectivity index (χ2v) is 6.92. The molecule has 0 saturated carbocycles. The van der Waals surface area contributed by atoms with Gasteiger partial charge in [-0.2, -0.15) is 0 Å². The SMILES string of the molecule is CN(CCS(C)(=O)=O)c1ncc([N+](=O)[O-])cc1Br. The van der Waals surface area contributed by atoms with Crippen LogP contribution in [0.3, 0.4) is 0 Å². The van der Waals surface area contributed by atoms with Gasteiger partial charge in [-0.15, -0.1) is 0 Å². The fourth-order valence-corrected chi connectivity index (χ4v) is 2.46. The monoisotopic (exact) mass is 337 g/mol. The number of nitro groups is 1. The number of sulfone groups is 1. The summed E-state index contributed by atoms with van der Waals surface area (Å²) >= 11 is 3.18. The first-order chi connectivity index (χ1) is 8.20. The van der Waals surface area contributed by atoms with Gasteiger partial charge in [0.05, 0.1) is 15.1 Å². The molecule has 0 unspecified atom stereocenters. The minimum absolute atomic E-state index is 0.00535. The maximum absolute atomic E-state index is 11.0. The fourth-order valence-electron chi connectivity index (χ4n) is 1.21. The largest absolute Gasteiger partial charge is 0.358 e. The van der Waals surface area contributed by atoms with E-state index in [-0.39, 0.29) is 18.0 Å². The number of aromatic nitrogens is 1. The standard InChI is InChI=1S/C9H12BrN3O4S/c1-12(3-4-18(2,16)17)9-8(10)5-7(6-11-9)13(14)15/h5-6H,3-4H2,1-2H3. The third kappa shape index (κ3) is 4.22. The molecular weight excluding hydrogens is 326 g/mol. The molecule has 18 heavy (non-hydrogen) atoms. The van der Waals surface area contributed by atoms with Gasteiger partial charge in [-0.3, -0.25) is 10.1 Å². The highest BCUT2D eigenvalue weighted by molar-refractivity contribution is 9.10. The Morgan fingerprint density at radius 2 is 2.17 bits per heavy atom. The molecule has 1 heterocycles. The number of halogens is 1. The van der Waals surface area contributed by atoms with E-state index in [0.29, 0.717) is 10.3 Å². The highest BCUT2D eigenvalue weighted by Crippen LogP contribution is 2.26. The molecule has 0 amide bonds. The molecule has 1 rings (SSSR count). The molecule has 1 aromatic heterocycles. The zero-order chi connectivity index (χ0) is 13.9. The van der Waals surface area contributed by atoms with Gasteiger partial charge in [-0.1, -0.05) is 0 Å². The van der Waals surface area contributed by atoms with Gasteiger partial charge in [0, 0.05) is 25.9 Å². The van der Waals surface area contributed by atoms with Crippen LogP contribution in [0.1, 0.15) is 0 Å². The minimum Gasteiger partial charge on any atom is -0.358 e. The Kier molecular flexibility index (Phi) is 4.63. The summed E-state index contributed by atoms with van der Waals surface area (Å²) in [7, 11) is -1.38. The van der Waals surface area contributed by atoms with Gasteiger partial charge >= 0.3 is 0 Å². The molecule has 100 valence electrons. The Hall–Kier alpha value is -1.22. The predicted molar refractivity (Wildman–Crippen MR) is 71.6 cm³/mol. The van der Waals surface area contributed by atoms with Gasteiger partial charge in [0.2, 0.25) is 0 Å². The van der Waals surface area contributed by atoms with Crippen molar-refractivity contribution in [2.45, 2.75) is 0 Å². The van der Waals surface area contributed by atoms with Crippen molar-refractivity contribution in [3.8, 4) is 0 Å². The molecule has 1 aromatic rings. The van der Waals surface area contributed by atoms with Crippen molar-refractivity contribution in [1.82, 2.24) is 4.98 Å². The minimum atomic E-state index is -3.05. The Bertz CT molecular complexity index is 561. The van der Waals surface area contributed by atoms with Crippen LogP contribution in [0, 0.1) is 10.1 Å². The van der Waals surface area contributed by atoms with E-state index in [1.54, 1.807) is 11.9 Å². The summed E-state index contributed by atoms with van der Waals surface area (Å²) in [4.78, 5) is 15.6. The zero-order valence-electron chi connectivity index (χ0n) is 9.83. The summed E-state index contributed by atoms with van der Waals surface area (Å²) in [6, 6.07) is 1.33. The summed E-state index contributed by atoms with van der Waals surface area (Å²) in [6.45, 7) is 0.266. The zero-order valence-corrected chi connectivity index (χ0v) is 12.2. The van der Waals surface area contributed by atoms with E-state index in [1.807, 2.05) is 0 Å². The van der Waals surface area contributed by atoms with Crippen LogP contribution < -0.4 is 4.90 Å². The van der Waals surface area contributed by atoms with Crippen molar-refractivity contribution in [2.24, 2.45) is 0 Å².